The Morgan fingerprint density at radius 1 is 1.54 bits per heavy atom. The molecular formula is C8H17N5. The highest BCUT2D eigenvalue weighted by Gasteiger charge is 2.19. The maximum atomic E-state index is 5.19. The molecule has 13 heavy (non-hydrogen) atoms. The van der Waals surface area contributed by atoms with E-state index in [1.165, 1.54) is 0 Å². The fourth-order valence-electron chi connectivity index (χ4n) is 1.49. The molecule has 1 aliphatic heterocycles. The van der Waals surface area contributed by atoms with Gasteiger partial charge in [0, 0.05) is 31.1 Å². The summed E-state index contributed by atoms with van der Waals surface area (Å²) in [5.74, 6) is 0.473. The van der Waals surface area contributed by atoms with Crippen LogP contribution >= 0.6 is 0 Å². The zero-order valence-corrected chi connectivity index (χ0v) is 8.20. The van der Waals surface area contributed by atoms with Crippen LogP contribution in [0.2, 0.25) is 0 Å². The Labute approximate surface area is 78.5 Å². The van der Waals surface area contributed by atoms with E-state index in [1.807, 2.05) is 0 Å². The normalized spacial score (nSPS) is 27.5. The predicted octanol–water partition coefficient (Wildman–Crippen LogP) is -0.413. The second kappa shape index (κ2) is 4.23. The Bertz CT molecular complexity index is 229. The van der Waals surface area contributed by atoms with Gasteiger partial charge in [-0.1, -0.05) is 6.92 Å². The van der Waals surface area contributed by atoms with E-state index < -0.39 is 0 Å². The molecule has 0 aromatic carbocycles. The second-order valence-electron chi connectivity index (χ2n) is 3.53. The molecule has 0 aromatic rings. The van der Waals surface area contributed by atoms with Crippen molar-refractivity contribution in [3.63, 3.8) is 0 Å². The molecular weight excluding hydrogens is 166 g/mol. The van der Waals surface area contributed by atoms with Gasteiger partial charge >= 0.3 is 0 Å². The van der Waals surface area contributed by atoms with Crippen molar-refractivity contribution in [3.05, 3.63) is 0 Å². The molecule has 0 aromatic heterocycles. The monoisotopic (exact) mass is 183 g/mol. The molecule has 1 heterocycles. The van der Waals surface area contributed by atoms with Crippen molar-refractivity contribution in [1.82, 2.24) is 4.90 Å². The van der Waals surface area contributed by atoms with Gasteiger partial charge < -0.3 is 16.4 Å². The number of likely N-dealkylation sites (tertiary alicyclic amines) is 1. The highest BCUT2D eigenvalue weighted by atomic mass is 15.3. The van der Waals surface area contributed by atoms with Crippen molar-refractivity contribution in [3.8, 4) is 0 Å². The Morgan fingerprint density at radius 2 is 2.23 bits per heavy atom. The summed E-state index contributed by atoms with van der Waals surface area (Å²) >= 11 is 0. The zero-order valence-electron chi connectivity index (χ0n) is 8.20. The molecule has 5 heteroatoms. The minimum absolute atomic E-state index is 0.0265. The van der Waals surface area contributed by atoms with Crippen molar-refractivity contribution >= 4 is 11.7 Å². The minimum Gasteiger partial charge on any atom is -0.369 e. The molecule has 0 aliphatic carbocycles. The van der Waals surface area contributed by atoms with Gasteiger partial charge in [-0.3, -0.25) is 0 Å². The molecule has 1 aliphatic rings. The SMILES string of the molecule is CC1CN(C)CC/C1=N\N=C(N)N. The zero-order chi connectivity index (χ0) is 9.84. The van der Waals surface area contributed by atoms with E-state index in [0.717, 1.165) is 25.2 Å². The number of nitrogens with zero attached hydrogens (tertiary/aromatic N) is 3. The fourth-order valence-corrected chi connectivity index (χ4v) is 1.49. The Morgan fingerprint density at radius 3 is 2.77 bits per heavy atom. The van der Waals surface area contributed by atoms with Crippen LogP contribution in [0.1, 0.15) is 13.3 Å². The number of nitrogens with two attached hydrogens (primary N) is 2. The maximum absolute atomic E-state index is 5.19. The van der Waals surface area contributed by atoms with Crippen LogP contribution in [0.5, 0.6) is 0 Å². The van der Waals surface area contributed by atoms with E-state index in [4.69, 9.17) is 11.5 Å². The van der Waals surface area contributed by atoms with Crippen molar-refractivity contribution in [2.24, 2.45) is 27.6 Å². The standard InChI is InChI=1S/C8H17N5/c1-6-5-13(2)4-3-7(6)11-12-8(9)10/h6H,3-5H2,1-2H3,(H4,9,10,12)/b11-7+. The molecule has 1 saturated heterocycles. The summed E-state index contributed by atoms with van der Waals surface area (Å²) in [4.78, 5) is 2.28. The Kier molecular flexibility index (Phi) is 3.25. The molecule has 0 radical (unpaired) electrons. The van der Waals surface area contributed by atoms with Gasteiger partial charge in [0.05, 0.1) is 0 Å². The van der Waals surface area contributed by atoms with Gasteiger partial charge in [-0.15, -0.1) is 5.10 Å². The van der Waals surface area contributed by atoms with Crippen molar-refractivity contribution in [1.29, 1.82) is 0 Å². The van der Waals surface area contributed by atoms with Crippen LogP contribution < -0.4 is 11.5 Å². The average Bonchev–Trinajstić information content (AvgIpc) is 2.02. The topological polar surface area (TPSA) is 80.0 Å². The Balaban J connectivity index is 2.60. The van der Waals surface area contributed by atoms with Crippen molar-refractivity contribution in [2.75, 3.05) is 20.1 Å². The summed E-state index contributed by atoms with van der Waals surface area (Å²) < 4.78 is 0. The lowest BCUT2D eigenvalue weighted by molar-refractivity contribution is 0.299. The molecule has 1 unspecified atom stereocenters. The molecule has 0 saturated carbocycles. The molecule has 1 fully saturated rings. The highest BCUT2D eigenvalue weighted by Crippen LogP contribution is 2.12. The minimum atomic E-state index is 0.0265. The lowest BCUT2D eigenvalue weighted by Gasteiger charge is -2.28. The molecule has 5 nitrogen and oxygen atoms in total. The van der Waals surface area contributed by atoms with Gasteiger partial charge in [-0.2, -0.15) is 5.10 Å². The number of rotatable bonds is 1. The molecule has 0 spiro atoms. The maximum Gasteiger partial charge on any atom is 0.211 e. The third-order valence-corrected chi connectivity index (χ3v) is 2.20. The van der Waals surface area contributed by atoms with Gasteiger partial charge in [-0.05, 0) is 7.05 Å². The molecule has 4 N–H and O–H groups in total. The Hall–Kier alpha value is -1.10. The molecule has 0 bridgehead atoms. The number of piperidine rings is 1. The third kappa shape index (κ3) is 3.02. The van der Waals surface area contributed by atoms with Crippen LogP contribution in [-0.2, 0) is 0 Å². The first-order chi connectivity index (χ1) is 6.09. The molecule has 1 rings (SSSR count). The number of hydrogen-bond donors (Lipinski definition) is 2. The first-order valence-electron chi connectivity index (χ1n) is 4.43. The first kappa shape index (κ1) is 9.98. The van der Waals surface area contributed by atoms with Crippen LogP contribution in [0.25, 0.3) is 0 Å². The van der Waals surface area contributed by atoms with E-state index in [2.05, 4.69) is 29.1 Å². The quantitative estimate of drug-likeness (QED) is 0.329. The largest absolute Gasteiger partial charge is 0.369 e. The molecule has 74 valence electrons. The third-order valence-electron chi connectivity index (χ3n) is 2.20. The fraction of sp³-hybridized carbons (Fsp3) is 0.750. The van der Waals surface area contributed by atoms with E-state index in [1.54, 1.807) is 0 Å². The van der Waals surface area contributed by atoms with Crippen LogP contribution in [0.4, 0.5) is 0 Å². The van der Waals surface area contributed by atoms with Crippen molar-refractivity contribution in [2.45, 2.75) is 13.3 Å². The lowest BCUT2D eigenvalue weighted by Crippen LogP contribution is -2.37. The summed E-state index contributed by atoms with van der Waals surface area (Å²) in [6, 6.07) is 0. The summed E-state index contributed by atoms with van der Waals surface area (Å²) in [6.07, 6.45) is 0.953. The summed E-state index contributed by atoms with van der Waals surface area (Å²) in [6.45, 7) is 4.19. The van der Waals surface area contributed by atoms with Gasteiger partial charge in [0.1, 0.15) is 0 Å². The molecule has 0 amide bonds. The smallest absolute Gasteiger partial charge is 0.211 e. The van der Waals surface area contributed by atoms with Crippen LogP contribution in [0.15, 0.2) is 10.2 Å². The summed E-state index contributed by atoms with van der Waals surface area (Å²) in [5.41, 5.74) is 11.5. The highest BCUT2D eigenvalue weighted by molar-refractivity contribution is 5.88. The van der Waals surface area contributed by atoms with Gasteiger partial charge in [0.2, 0.25) is 5.96 Å². The van der Waals surface area contributed by atoms with Gasteiger partial charge in [0.25, 0.3) is 0 Å². The predicted molar refractivity (Wildman–Crippen MR) is 54.5 cm³/mol. The van der Waals surface area contributed by atoms with E-state index in [0.29, 0.717) is 5.92 Å². The summed E-state index contributed by atoms with van der Waals surface area (Å²) in [5, 5.41) is 7.69. The van der Waals surface area contributed by atoms with E-state index >= 15 is 0 Å². The molecule has 1 atom stereocenters. The van der Waals surface area contributed by atoms with Crippen LogP contribution in [0, 0.1) is 5.92 Å². The van der Waals surface area contributed by atoms with Crippen molar-refractivity contribution < 1.29 is 0 Å². The lowest BCUT2D eigenvalue weighted by atomic mass is 9.98. The van der Waals surface area contributed by atoms with E-state index in [-0.39, 0.29) is 5.96 Å². The van der Waals surface area contributed by atoms with E-state index in [9.17, 15) is 0 Å². The first-order valence-corrected chi connectivity index (χ1v) is 4.43. The number of guanidine groups is 1. The average molecular weight is 183 g/mol. The summed E-state index contributed by atoms with van der Waals surface area (Å²) in [7, 11) is 2.11. The van der Waals surface area contributed by atoms with Gasteiger partial charge in [-0.25, -0.2) is 0 Å². The van der Waals surface area contributed by atoms with Gasteiger partial charge in [0.15, 0.2) is 0 Å². The van der Waals surface area contributed by atoms with Crippen LogP contribution in [-0.4, -0.2) is 36.7 Å². The second-order valence-corrected chi connectivity index (χ2v) is 3.53. The van der Waals surface area contributed by atoms with Crippen LogP contribution in [0.3, 0.4) is 0 Å². The number of hydrogen-bond acceptors (Lipinski definition) is 3.